The Labute approximate surface area is 180 Å². The van der Waals surface area contributed by atoms with Crippen LogP contribution in [0.1, 0.15) is 29.5 Å². The van der Waals surface area contributed by atoms with E-state index in [-0.39, 0.29) is 5.92 Å². The molecule has 1 atom stereocenters. The molecule has 1 aromatic heterocycles. The van der Waals surface area contributed by atoms with Gasteiger partial charge in [0.1, 0.15) is 11.9 Å². The molecule has 2 N–H and O–H groups in total. The van der Waals surface area contributed by atoms with Crippen molar-refractivity contribution in [3.8, 4) is 0 Å². The molecule has 0 saturated carbocycles. The second-order valence-electron chi connectivity index (χ2n) is 6.83. The van der Waals surface area contributed by atoms with Crippen molar-refractivity contribution in [3.63, 3.8) is 0 Å². The van der Waals surface area contributed by atoms with Crippen molar-refractivity contribution in [1.82, 2.24) is 15.6 Å². The van der Waals surface area contributed by atoms with Crippen molar-refractivity contribution in [3.05, 3.63) is 61.9 Å². The van der Waals surface area contributed by atoms with Gasteiger partial charge in [0.25, 0.3) is 0 Å². The summed E-state index contributed by atoms with van der Waals surface area (Å²) in [6.07, 6.45) is 3.47. The number of rotatable bonds is 4. The highest BCUT2D eigenvalue weighted by Crippen LogP contribution is 2.40. The zero-order valence-corrected chi connectivity index (χ0v) is 18.1. The van der Waals surface area contributed by atoms with Crippen LogP contribution in [0.4, 0.5) is 4.39 Å². The molecular formula is C20H20BrFN4O2S. The molecule has 2 aliphatic heterocycles. The summed E-state index contributed by atoms with van der Waals surface area (Å²) in [4.78, 5) is 22.0. The van der Waals surface area contributed by atoms with Gasteiger partial charge < -0.3 is 15.4 Å². The molecule has 0 aliphatic carbocycles. The summed E-state index contributed by atoms with van der Waals surface area (Å²) in [5.74, 6) is -0.137. The van der Waals surface area contributed by atoms with Crippen LogP contribution in [0.25, 0.3) is 0 Å². The average molecular weight is 479 g/mol. The lowest BCUT2D eigenvalue weighted by Gasteiger charge is -2.33. The lowest BCUT2D eigenvalue weighted by molar-refractivity contribution is -0.136. The number of ether oxygens (including phenoxy) is 1. The summed E-state index contributed by atoms with van der Waals surface area (Å²) in [6, 6.07) is 4.07. The molecule has 0 amide bonds. The monoisotopic (exact) mass is 478 g/mol. The number of carbonyl (C=O) groups excluding carboxylic acids is 1. The predicted molar refractivity (Wildman–Crippen MR) is 113 cm³/mol. The van der Waals surface area contributed by atoms with Gasteiger partial charge in [0.15, 0.2) is 10.8 Å². The minimum Gasteiger partial charge on any atom is -0.466 e. The van der Waals surface area contributed by atoms with Gasteiger partial charge in [-0.2, -0.15) is 0 Å². The average Bonchev–Trinajstić information content (AvgIpc) is 3.30. The van der Waals surface area contributed by atoms with Gasteiger partial charge in [-0.1, -0.05) is 12.1 Å². The molecule has 29 heavy (non-hydrogen) atoms. The van der Waals surface area contributed by atoms with E-state index < -0.39 is 17.8 Å². The first-order valence-corrected chi connectivity index (χ1v) is 11.0. The third-order valence-corrected chi connectivity index (χ3v) is 6.75. The number of allylic oxidation sites excluding steroid dienone is 1. The van der Waals surface area contributed by atoms with E-state index in [1.165, 1.54) is 24.5 Å². The van der Waals surface area contributed by atoms with Crippen molar-refractivity contribution in [2.45, 2.75) is 18.9 Å². The lowest BCUT2D eigenvalue weighted by Crippen LogP contribution is -2.40. The highest BCUT2D eigenvalue weighted by atomic mass is 79.9. The Morgan fingerprint density at radius 1 is 1.34 bits per heavy atom. The standard InChI is InChI=1S/C20H20BrFN4O2S/c1-28-20(27)14-16(11-5-7-23-8-6-11)25-18(19-24-9-10-29-19)26-17(14)12-3-2-4-13(22)15(12)21/h2-4,9-11,17,23H,5-8H2,1H3,(H,25,26)/t17-/m1/s1. The van der Waals surface area contributed by atoms with E-state index >= 15 is 0 Å². The molecule has 0 unspecified atom stereocenters. The Kier molecular flexibility index (Phi) is 6.07. The maximum absolute atomic E-state index is 14.3. The zero-order valence-electron chi connectivity index (χ0n) is 15.7. The molecule has 2 aromatic rings. The van der Waals surface area contributed by atoms with Crippen molar-refractivity contribution in [2.24, 2.45) is 10.9 Å². The SMILES string of the molecule is COC(=O)C1=C(C2CCNCC2)NC(c2nccs2)=N[C@@H]1c1cccc(F)c1Br. The zero-order chi connectivity index (χ0) is 20.4. The fraction of sp³-hybridized carbons (Fsp3) is 0.350. The summed E-state index contributed by atoms with van der Waals surface area (Å²) < 4.78 is 19.7. The Bertz CT molecular complexity index is 971. The highest BCUT2D eigenvalue weighted by molar-refractivity contribution is 9.10. The van der Waals surface area contributed by atoms with Gasteiger partial charge >= 0.3 is 5.97 Å². The van der Waals surface area contributed by atoms with Crippen LogP contribution in [0, 0.1) is 11.7 Å². The number of amidine groups is 1. The molecule has 1 aromatic carbocycles. The quantitative estimate of drug-likeness (QED) is 0.657. The third-order valence-electron chi connectivity index (χ3n) is 5.14. The molecule has 1 fully saturated rings. The van der Waals surface area contributed by atoms with Crippen LogP contribution in [-0.4, -0.2) is 37.0 Å². The Balaban J connectivity index is 1.89. The fourth-order valence-electron chi connectivity index (χ4n) is 3.74. The van der Waals surface area contributed by atoms with Crippen LogP contribution < -0.4 is 10.6 Å². The number of benzene rings is 1. The van der Waals surface area contributed by atoms with Crippen molar-refractivity contribution < 1.29 is 13.9 Å². The number of hydrogen-bond donors (Lipinski definition) is 2. The predicted octanol–water partition coefficient (Wildman–Crippen LogP) is 3.56. The van der Waals surface area contributed by atoms with Crippen LogP contribution in [0.3, 0.4) is 0 Å². The summed E-state index contributed by atoms with van der Waals surface area (Å²) in [7, 11) is 1.35. The minimum absolute atomic E-state index is 0.144. The maximum atomic E-state index is 14.3. The van der Waals surface area contributed by atoms with E-state index in [9.17, 15) is 9.18 Å². The first-order valence-electron chi connectivity index (χ1n) is 9.31. The third kappa shape index (κ3) is 3.99. The highest BCUT2D eigenvalue weighted by Gasteiger charge is 2.36. The number of piperidine rings is 1. The number of methoxy groups -OCH3 is 1. The van der Waals surface area contributed by atoms with Crippen molar-refractivity contribution >= 4 is 39.1 Å². The van der Waals surface area contributed by atoms with E-state index in [1.54, 1.807) is 18.3 Å². The number of aliphatic imine (C=N–C) groups is 1. The van der Waals surface area contributed by atoms with Gasteiger partial charge in [0.05, 0.1) is 17.2 Å². The maximum Gasteiger partial charge on any atom is 0.338 e. The smallest absolute Gasteiger partial charge is 0.338 e. The second kappa shape index (κ2) is 8.73. The Morgan fingerprint density at radius 3 is 2.83 bits per heavy atom. The number of carbonyl (C=O) groups is 1. The molecular weight excluding hydrogens is 459 g/mol. The van der Waals surface area contributed by atoms with Gasteiger partial charge in [-0.25, -0.2) is 14.2 Å². The van der Waals surface area contributed by atoms with Crippen LogP contribution >= 0.6 is 27.3 Å². The molecule has 9 heteroatoms. The van der Waals surface area contributed by atoms with Gasteiger partial charge in [0, 0.05) is 23.2 Å². The molecule has 2 aliphatic rings. The van der Waals surface area contributed by atoms with E-state index in [4.69, 9.17) is 9.73 Å². The number of hydrogen-bond acceptors (Lipinski definition) is 7. The number of nitrogens with one attached hydrogen (secondary N) is 2. The number of nitrogens with zero attached hydrogens (tertiary/aromatic N) is 2. The lowest BCUT2D eigenvalue weighted by atomic mass is 9.86. The van der Waals surface area contributed by atoms with Crippen molar-refractivity contribution in [2.75, 3.05) is 20.2 Å². The molecule has 152 valence electrons. The summed E-state index contributed by atoms with van der Waals surface area (Å²) in [5, 5.41) is 9.30. The molecule has 3 heterocycles. The second-order valence-corrected chi connectivity index (χ2v) is 8.52. The van der Waals surface area contributed by atoms with Crippen LogP contribution in [-0.2, 0) is 9.53 Å². The van der Waals surface area contributed by atoms with Crippen molar-refractivity contribution in [1.29, 1.82) is 0 Å². The molecule has 0 radical (unpaired) electrons. The van der Waals surface area contributed by atoms with E-state index in [2.05, 4.69) is 31.5 Å². The summed E-state index contributed by atoms with van der Waals surface area (Å²) >= 11 is 4.79. The van der Waals surface area contributed by atoms with Gasteiger partial charge in [-0.3, -0.25) is 4.99 Å². The topological polar surface area (TPSA) is 75.6 Å². The number of halogens is 2. The first-order chi connectivity index (χ1) is 14.1. The molecule has 6 nitrogen and oxygen atoms in total. The van der Waals surface area contributed by atoms with E-state index in [0.29, 0.717) is 21.4 Å². The Morgan fingerprint density at radius 2 is 2.14 bits per heavy atom. The largest absolute Gasteiger partial charge is 0.466 e. The number of aromatic nitrogens is 1. The van der Waals surface area contributed by atoms with Gasteiger partial charge in [-0.05, 0) is 53.5 Å². The molecule has 0 bridgehead atoms. The fourth-order valence-corrected chi connectivity index (χ4v) is 4.81. The summed E-state index contributed by atoms with van der Waals surface area (Å²) in [6.45, 7) is 1.73. The van der Waals surface area contributed by atoms with Crippen LogP contribution in [0.15, 0.2) is 50.5 Å². The first kappa shape index (κ1) is 20.2. The number of thiazole rings is 1. The van der Waals surface area contributed by atoms with Crippen LogP contribution in [0.2, 0.25) is 0 Å². The van der Waals surface area contributed by atoms with Gasteiger partial charge in [-0.15, -0.1) is 11.3 Å². The molecule has 1 saturated heterocycles. The van der Waals surface area contributed by atoms with E-state index in [0.717, 1.165) is 36.6 Å². The molecule has 0 spiro atoms. The van der Waals surface area contributed by atoms with Crippen LogP contribution in [0.5, 0.6) is 0 Å². The summed E-state index contributed by atoms with van der Waals surface area (Å²) in [5.41, 5.74) is 1.79. The minimum atomic E-state index is -0.697. The molecule has 4 rings (SSSR count). The normalized spacial score (nSPS) is 20.2. The number of esters is 1. The van der Waals surface area contributed by atoms with Gasteiger partial charge in [0.2, 0.25) is 0 Å². The Hall–Kier alpha value is -2.10. The van der Waals surface area contributed by atoms with E-state index in [1.807, 2.05) is 5.38 Å².